The lowest BCUT2D eigenvalue weighted by molar-refractivity contribution is -0.122. The monoisotopic (exact) mass is 431 g/mol. The first kappa shape index (κ1) is 17.5. The molecule has 2 atom stereocenters. The van der Waals surface area contributed by atoms with E-state index in [-0.39, 0.29) is 23.2 Å². The van der Waals surface area contributed by atoms with Crippen LogP contribution in [0.2, 0.25) is 0 Å². The van der Waals surface area contributed by atoms with Crippen molar-refractivity contribution in [1.82, 2.24) is 9.97 Å². The molecule has 0 radical (unpaired) electrons. The molecule has 0 saturated heterocycles. The zero-order chi connectivity index (χ0) is 18.3. The van der Waals surface area contributed by atoms with Crippen molar-refractivity contribution in [2.45, 2.75) is 30.8 Å². The number of hydrogen-bond acceptors (Lipinski definition) is 5. The van der Waals surface area contributed by atoms with Crippen LogP contribution in [0.5, 0.6) is 0 Å². The van der Waals surface area contributed by atoms with E-state index in [4.69, 9.17) is 0 Å². The van der Waals surface area contributed by atoms with Gasteiger partial charge in [-0.3, -0.25) is 9.59 Å². The average Bonchev–Trinajstić information content (AvgIpc) is 2.60. The third-order valence-corrected chi connectivity index (χ3v) is 6.02. The van der Waals surface area contributed by atoms with Gasteiger partial charge in [0.2, 0.25) is 0 Å². The number of nitrogens with one attached hydrogen (secondary N) is 2. The van der Waals surface area contributed by atoms with E-state index in [2.05, 4.69) is 37.3 Å². The molecule has 134 valence electrons. The molecule has 1 aliphatic heterocycles. The Balaban J connectivity index is 1.95. The molecule has 0 bridgehead atoms. The lowest BCUT2D eigenvalue weighted by atomic mass is 9.72. The third-order valence-electron chi connectivity index (χ3n) is 4.77. The van der Waals surface area contributed by atoms with E-state index in [1.165, 1.54) is 11.8 Å². The number of hydrogen-bond donors (Lipinski definition) is 2. The molecule has 4 rings (SSSR count). The Hall–Kier alpha value is -1.86. The van der Waals surface area contributed by atoms with E-state index in [0.29, 0.717) is 23.0 Å². The van der Waals surface area contributed by atoms with Crippen LogP contribution in [0.25, 0.3) is 0 Å². The standard InChI is InChI=1S/C19H18BrN3O2S/c1-2-26-19-22-17-16(18(25)23-19)14(10-5-3-6-11(20)9-10)15-12(21-17)7-4-8-13(15)24/h3,5-7,9,14-15H,2,4,8H2,1H3,(H2,21,22,23,25). The fraction of sp³-hybridized carbons (Fsp3) is 0.316. The van der Waals surface area contributed by atoms with Gasteiger partial charge in [-0.1, -0.05) is 52.8 Å². The van der Waals surface area contributed by atoms with E-state index in [9.17, 15) is 9.59 Å². The molecule has 0 saturated carbocycles. The fourth-order valence-electron chi connectivity index (χ4n) is 3.73. The molecule has 5 nitrogen and oxygen atoms in total. The van der Waals surface area contributed by atoms with Crippen molar-refractivity contribution in [2.75, 3.05) is 11.1 Å². The van der Waals surface area contributed by atoms with Gasteiger partial charge in [0.05, 0.1) is 11.5 Å². The summed E-state index contributed by atoms with van der Waals surface area (Å²) < 4.78 is 0.923. The Labute approximate surface area is 163 Å². The maximum Gasteiger partial charge on any atom is 0.257 e. The zero-order valence-electron chi connectivity index (χ0n) is 14.2. The van der Waals surface area contributed by atoms with Gasteiger partial charge in [0.25, 0.3) is 5.56 Å². The summed E-state index contributed by atoms with van der Waals surface area (Å²) in [5.74, 6) is 0.849. The number of rotatable bonds is 3. The molecule has 2 aliphatic rings. The van der Waals surface area contributed by atoms with Crippen molar-refractivity contribution in [1.29, 1.82) is 0 Å². The summed E-state index contributed by atoms with van der Waals surface area (Å²) in [6.45, 7) is 2.01. The molecular weight excluding hydrogens is 414 g/mol. The van der Waals surface area contributed by atoms with Gasteiger partial charge in [0, 0.05) is 22.5 Å². The number of carbonyl (C=O) groups excluding carboxylic acids is 1. The quantitative estimate of drug-likeness (QED) is 0.565. The summed E-state index contributed by atoms with van der Waals surface area (Å²) in [7, 11) is 0. The lowest BCUT2D eigenvalue weighted by Crippen LogP contribution is -2.38. The summed E-state index contributed by atoms with van der Waals surface area (Å²) in [6, 6.07) is 7.82. The first-order valence-electron chi connectivity index (χ1n) is 8.60. The van der Waals surface area contributed by atoms with Crippen LogP contribution in [0, 0.1) is 5.92 Å². The van der Waals surface area contributed by atoms with Crippen molar-refractivity contribution in [2.24, 2.45) is 5.92 Å². The number of anilines is 1. The van der Waals surface area contributed by atoms with Gasteiger partial charge in [-0.25, -0.2) is 4.98 Å². The number of ketones is 1. The summed E-state index contributed by atoms with van der Waals surface area (Å²) in [5, 5.41) is 3.86. The SMILES string of the molecule is CCSc1nc2c(c(=O)[nH]1)C(c1cccc(Br)c1)C1C(=O)CCC=C1N2. The Morgan fingerprint density at radius 3 is 2.92 bits per heavy atom. The number of carbonyl (C=O) groups is 1. The van der Waals surface area contributed by atoms with Crippen molar-refractivity contribution in [3.63, 3.8) is 0 Å². The highest BCUT2D eigenvalue weighted by atomic mass is 79.9. The van der Waals surface area contributed by atoms with Gasteiger partial charge in [0.15, 0.2) is 5.16 Å². The van der Waals surface area contributed by atoms with Crippen LogP contribution < -0.4 is 10.9 Å². The maximum absolute atomic E-state index is 12.9. The highest BCUT2D eigenvalue weighted by molar-refractivity contribution is 9.10. The maximum atomic E-state index is 12.9. The van der Waals surface area contributed by atoms with Gasteiger partial charge in [0.1, 0.15) is 11.6 Å². The van der Waals surface area contributed by atoms with E-state index in [1.54, 1.807) is 0 Å². The second-order valence-corrected chi connectivity index (χ2v) is 8.53. The summed E-state index contributed by atoms with van der Waals surface area (Å²) in [5.41, 5.74) is 2.17. The molecule has 2 N–H and O–H groups in total. The smallest absolute Gasteiger partial charge is 0.257 e. The minimum absolute atomic E-state index is 0.164. The molecular formula is C19H18BrN3O2S. The fourth-order valence-corrected chi connectivity index (χ4v) is 4.74. The van der Waals surface area contributed by atoms with Gasteiger partial charge in [-0.2, -0.15) is 0 Å². The second kappa shape index (κ2) is 7.04. The van der Waals surface area contributed by atoms with Crippen LogP contribution in [0.1, 0.15) is 36.8 Å². The topological polar surface area (TPSA) is 74.8 Å². The first-order chi connectivity index (χ1) is 12.6. The summed E-state index contributed by atoms with van der Waals surface area (Å²) in [4.78, 5) is 33.2. The Morgan fingerprint density at radius 1 is 1.31 bits per heavy atom. The van der Waals surface area contributed by atoms with Gasteiger partial charge in [-0.05, 0) is 29.9 Å². The highest BCUT2D eigenvalue weighted by Crippen LogP contribution is 2.45. The zero-order valence-corrected chi connectivity index (χ0v) is 16.6. The van der Waals surface area contributed by atoms with E-state index >= 15 is 0 Å². The lowest BCUT2D eigenvalue weighted by Gasteiger charge is -2.36. The third kappa shape index (κ3) is 3.03. The van der Waals surface area contributed by atoms with Gasteiger partial charge in [-0.15, -0.1) is 0 Å². The molecule has 2 unspecified atom stereocenters. The van der Waals surface area contributed by atoms with Crippen LogP contribution in [0.15, 0.2) is 50.5 Å². The van der Waals surface area contributed by atoms with Crippen molar-refractivity contribution < 1.29 is 4.79 Å². The number of Topliss-reactive ketones (excluding diaryl/α,β-unsaturated/α-hetero) is 1. The number of aromatic nitrogens is 2. The minimum atomic E-state index is -0.363. The largest absolute Gasteiger partial charge is 0.343 e. The molecule has 2 aromatic rings. The molecule has 0 amide bonds. The Bertz CT molecular complexity index is 969. The number of fused-ring (bicyclic) bond motifs is 2. The molecule has 1 aromatic heterocycles. The number of benzene rings is 1. The van der Waals surface area contributed by atoms with Crippen LogP contribution in [-0.2, 0) is 4.79 Å². The van der Waals surface area contributed by atoms with Crippen molar-refractivity contribution >= 4 is 39.3 Å². The summed E-state index contributed by atoms with van der Waals surface area (Å²) in [6.07, 6.45) is 3.29. The van der Waals surface area contributed by atoms with E-state index < -0.39 is 0 Å². The number of nitrogens with zero attached hydrogens (tertiary/aromatic N) is 1. The Kier molecular flexibility index (Phi) is 4.75. The number of H-pyrrole nitrogens is 1. The molecule has 0 fully saturated rings. The van der Waals surface area contributed by atoms with Crippen molar-refractivity contribution in [3.05, 3.63) is 62.0 Å². The molecule has 7 heteroatoms. The van der Waals surface area contributed by atoms with Crippen molar-refractivity contribution in [3.8, 4) is 0 Å². The van der Waals surface area contributed by atoms with Crippen LogP contribution >= 0.6 is 27.7 Å². The normalized spacial score (nSPS) is 21.5. The molecule has 0 spiro atoms. The minimum Gasteiger partial charge on any atom is -0.343 e. The molecule has 2 heterocycles. The summed E-state index contributed by atoms with van der Waals surface area (Å²) >= 11 is 4.99. The van der Waals surface area contributed by atoms with Crippen LogP contribution in [0.4, 0.5) is 5.82 Å². The van der Waals surface area contributed by atoms with Crippen LogP contribution in [-0.4, -0.2) is 21.5 Å². The van der Waals surface area contributed by atoms with Gasteiger partial charge >= 0.3 is 0 Å². The number of thioether (sulfide) groups is 1. The van der Waals surface area contributed by atoms with E-state index in [1.807, 2.05) is 31.2 Å². The second-order valence-electron chi connectivity index (χ2n) is 6.37. The van der Waals surface area contributed by atoms with Crippen LogP contribution in [0.3, 0.4) is 0 Å². The van der Waals surface area contributed by atoms with E-state index in [0.717, 1.165) is 27.9 Å². The predicted octanol–water partition coefficient (Wildman–Crippen LogP) is 4.06. The molecule has 26 heavy (non-hydrogen) atoms. The van der Waals surface area contributed by atoms with Gasteiger partial charge < -0.3 is 10.3 Å². The highest BCUT2D eigenvalue weighted by Gasteiger charge is 2.42. The average molecular weight is 432 g/mol. The first-order valence-corrected chi connectivity index (χ1v) is 10.4. The Morgan fingerprint density at radius 2 is 2.15 bits per heavy atom. The molecule has 1 aliphatic carbocycles. The molecule has 1 aromatic carbocycles. The number of allylic oxidation sites excluding steroid dienone is 2. The number of halogens is 1. The number of aromatic amines is 1. The predicted molar refractivity (Wildman–Crippen MR) is 107 cm³/mol.